The van der Waals surface area contributed by atoms with Gasteiger partial charge in [-0.2, -0.15) is 9.13 Å². The van der Waals surface area contributed by atoms with Gasteiger partial charge in [0.1, 0.15) is 0 Å². The minimum absolute atomic E-state index is 1.15. The van der Waals surface area contributed by atoms with Gasteiger partial charge in [0.25, 0.3) is 0 Å². The van der Waals surface area contributed by atoms with Crippen molar-refractivity contribution in [3.05, 3.63) is 158 Å². The summed E-state index contributed by atoms with van der Waals surface area (Å²) in [6, 6.07) is 47.4. The zero-order valence-corrected chi connectivity index (χ0v) is 20.9. The van der Waals surface area contributed by atoms with Crippen molar-refractivity contribution in [2.45, 2.75) is 0 Å². The Morgan fingerprint density at radius 3 is 0.895 bits per heavy atom. The van der Waals surface area contributed by atoms with Crippen LogP contribution in [0.4, 0.5) is 0 Å². The van der Waals surface area contributed by atoms with Gasteiger partial charge in [0.15, 0.2) is 24.8 Å². The molecule has 5 aromatic carbocycles. The van der Waals surface area contributed by atoms with Crippen molar-refractivity contribution in [1.82, 2.24) is 0 Å². The van der Waals surface area contributed by atoms with Crippen LogP contribution in [0.1, 0.15) is 0 Å². The maximum Gasteiger partial charge on any atom is 0.210 e. The zero-order chi connectivity index (χ0) is 25.3. The Morgan fingerprint density at radius 1 is 0.289 bits per heavy atom. The Hall–Kier alpha value is -5.08. The molecule has 0 aliphatic carbocycles. The van der Waals surface area contributed by atoms with Crippen LogP contribution in [0, 0.1) is 0 Å². The molecule has 7 aromatic rings. The molecule has 178 valence electrons. The third kappa shape index (κ3) is 3.84. The standard InChI is InChI=1S/C36H26N2/c1-3-11-29(12-4-1)37-23-19-27(20-24-37)35-31-15-7-9-17-33(31)36(34-18-10-8-16-32(34)35)28-21-25-38(26-22-28)30-13-5-2-6-14-30/h1-26H/q+2. The summed E-state index contributed by atoms with van der Waals surface area (Å²) in [7, 11) is 0. The van der Waals surface area contributed by atoms with E-state index in [0.29, 0.717) is 0 Å². The molecule has 0 atom stereocenters. The molecule has 0 saturated carbocycles. The van der Waals surface area contributed by atoms with Crippen LogP contribution in [-0.4, -0.2) is 0 Å². The molecule has 0 radical (unpaired) electrons. The smallest absolute Gasteiger partial charge is 0.167 e. The van der Waals surface area contributed by atoms with Crippen molar-refractivity contribution in [2.24, 2.45) is 0 Å². The Kier molecular flexibility index (Phi) is 5.49. The number of aromatic nitrogens is 2. The SMILES string of the molecule is c1ccc(-[n+]2ccc(-c3c4ccccc4c(-c4cc[n+](-c5ccccc5)cc4)c4ccccc34)cc2)cc1. The quantitative estimate of drug-likeness (QED) is 0.177. The fourth-order valence-corrected chi connectivity index (χ4v) is 5.48. The van der Waals surface area contributed by atoms with Crippen molar-refractivity contribution < 1.29 is 9.13 Å². The molecule has 2 nitrogen and oxygen atoms in total. The van der Waals surface area contributed by atoms with E-state index in [2.05, 4.69) is 155 Å². The van der Waals surface area contributed by atoms with Gasteiger partial charge in [0.2, 0.25) is 11.4 Å². The van der Waals surface area contributed by atoms with Crippen LogP contribution in [0.15, 0.2) is 158 Å². The molecule has 0 amide bonds. The van der Waals surface area contributed by atoms with E-state index < -0.39 is 0 Å². The number of hydrogen-bond donors (Lipinski definition) is 0. The van der Waals surface area contributed by atoms with Gasteiger partial charge in [-0.05, 0) is 43.8 Å². The molecule has 7 rings (SSSR count). The van der Waals surface area contributed by atoms with Gasteiger partial charge in [0.05, 0.1) is 0 Å². The van der Waals surface area contributed by atoms with E-state index in [9.17, 15) is 0 Å². The molecule has 0 spiro atoms. The molecule has 2 heteroatoms. The van der Waals surface area contributed by atoms with Crippen LogP contribution in [0.2, 0.25) is 0 Å². The lowest BCUT2D eigenvalue weighted by molar-refractivity contribution is -0.595. The topological polar surface area (TPSA) is 7.76 Å². The second kappa shape index (κ2) is 9.42. The van der Waals surface area contributed by atoms with E-state index in [4.69, 9.17) is 0 Å². The van der Waals surface area contributed by atoms with Gasteiger partial charge in [0, 0.05) is 48.5 Å². The Morgan fingerprint density at radius 2 is 0.579 bits per heavy atom. The monoisotopic (exact) mass is 486 g/mol. The van der Waals surface area contributed by atoms with Crippen LogP contribution in [0.5, 0.6) is 0 Å². The van der Waals surface area contributed by atoms with E-state index in [1.165, 1.54) is 43.8 Å². The summed E-state index contributed by atoms with van der Waals surface area (Å²) in [5.41, 5.74) is 7.28. The summed E-state index contributed by atoms with van der Waals surface area (Å²) < 4.78 is 4.32. The summed E-state index contributed by atoms with van der Waals surface area (Å²) in [6.07, 6.45) is 8.62. The van der Waals surface area contributed by atoms with E-state index >= 15 is 0 Å². The van der Waals surface area contributed by atoms with Crippen LogP contribution < -0.4 is 9.13 Å². The first-order valence-electron chi connectivity index (χ1n) is 12.9. The van der Waals surface area contributed by atoms with Crippen LogP contribution >= 0.6 is 0 Å². The minimum Gasteiger partial charge on any atom is -0.167 e. The molecule has 2 aromatic heterocycles. The fraction of sp³-hybridized carbons (Fsp3) is 0. The minimum atomic E-state index is 1.15. The Labute approximate surface area is 222 Å². The number of fused-ring (bicyclic) bond motifs is 2. The van der Waals surface area contributed by atoms with Gasteiger partial charge in [-0.3, -0.25) is 0 Å². The van der Waals surface area contributed by atoms with E-state index in [-0.39, 0.29) is 0 Å². The normalized spacial score (nSPS) is 11.2. The first-order valence-corrected chi connectivity index (χ1v) is 12.9. The van der Waals surface area contributed by atoms with E-state index in [0.717, 1.165) is 11.4 Å². The highest BCUT2D eigenvalue weighted by molar-refractivity contribution is 6.21. The average molecular weight is 487 g/mol. The predicted octanol–water partition coefficient (Wildman–Crippen LogP) is 7.88. The van der Waals surface area contributed by atoms with Gasteiger partial charge in [-0.25, -0.2) is 0 Å². The van der Waals surface area contributed by atoms with Crippen LogP contribution in [-0.2, 0) is 0 Å². The van der Waals surface area contributed by atoms with Gasteiger partial charge in [-0.15, -0.1) is 0 Å². The molecule has 0 N–H and O–H groups in total. The predicted molar refractivity (Wildman–Crippen MR) is 155 cm³/mol. The summed E-state index contributed by atoms with van der Waals surface area (Å²) >= 11 is 0. The second-order valence-corrected chi connectivity index (χ2v) is 9.50. The molecule has 0 saturated heterocycles. The second-order valence-electron chi connectivity index (χ2n) is 9.50. The number of nitrogens with zero attached hydrogens (tertiary/aromatic N) is 2. The average Bonchev–Trinajstić information content (AvgIpc) is 3.01. The summed E-state index contributed by atoms with van der Waals surface area (Å²) in [5.74, 6) is 0. The lowest BCUT2D eigenvalue weighted by Crippen LogP contribution is -2.28. The number of benzene rings is 5. The van der Waals surface area contributed by atoms with Crippen molar-refractivity contribution >= 4 is 21.5 Å². The zero-order valence-electron chi connectivity index (χ0n) is 20.9. The van der Waals surface area contributed by atoms with Crippen molar-refractivity contribution in [1.29, 1.82) is 0 Å². The van der Waals surface area contributed by atoms with E-state index in [1.807, 2.05) is 12.1 Å². The molecular formula is C36H26N2+2. The van der Waals surface area contributed by atoms with Crippen LogP contribution in [0.25, 0.3) is 55.2 Å². The third-order valence-electron chi connectivity index (χ3n) is 7.28. The summed E-state index contributed by atoms with van der Waals surface area (Å²) in [6.45, 7) is 0. The number of para-hydroxylation sites is 2. The number of pyridine rings is 2. The van der Waals surface area contributed by atoms with Gasteiger partial charge >= 0.3 is 0 Å². The Balaban J connectivity index is 1.43. The summed E-state index contributed by atoms with van der Waals surface area (Å²) in [4.78, 5) is 0. The molecule has 0 aliphatic rings. The Bertz CT molecular complexity index is 1680. The maximum atomic E-state index is 2.26. The van der Waals surface area contributed by atoms with Gasteiger partial charge in [-0.1, -0.05) is 84.9 Å². The molecule has 0 bridgehead atoms. The lowest BCUT2D eigenvalue weighted by Gasteiger charge is -2.17. The first kappa shape index (κ1) is 22.1. The van der Waals surface area contributed by atoms with E-state index in [1.54, 1.807) is 0 Å². The van der Waals surface area contributed by atoms with Gasteiger partial charge < -0.3 is 0 Å². The highest BCUT2D eigenvalue weighted by Gasteiger charge is 2.18. The highest BCUT2D eigenvalue weighted by Crippen LogP contribution is 2.43. The lowest BCUT2D eigenvalue weighted by atomic mass is 9.86. The molecule has 0 fully saturated rings. The van der Waals surface area contributed by atoms with Crippen molar-refractivity contribution in [3.8, 4) is 33.6 Å². The molecule has 0 aliphatic heterocycles. The molecular weight excluding hydrogens is 460 g/mol. The molecule has 0 unspecified atom stereocenters. The first-order chi connectivity index (χ1) is 18.9. The number of rotatable bonds is 4. The van der Waals surface area contributed by atoms with Crippen molar-refractivity contribution in [2.75, 3.05) is 0 Å². The summed E-state index contributed by atoms with van der Waals surface area (Å²) in [5, 5.41) is 5.05. The van der Waals surface area contributed by atoms with Crippen LogP contribution in [0.3, 0.4) is 0 Å². The third-order valence-corrected chi connectivity index (χ3v) is 7.28. The fourth-order valence-electron chi connectivity index (χ4n) is 5.48. The maximum absolute atomic E-state index is 2.26. The largest absolute Gasteiger partial charge is 0.210 e. The molecule has 38 heavy (non-hydrogen) atoms. The highest BCUT2D eigenvalue weighted by atomic mass is 14.9. The molecule has 2 heterocycles. The number of hydrogen-bond acceptors (Lipinski definition) is 0. The van der Waals surface area contributed by atoms with Crippen molar-refractivity contribution in [3.63, 3.8) is 0 Å².